The minimum Gasteiger partial charge on any atom is -0.392 e. The molecule has 0 amide bonds. The average molecular weight is 310 g/mol. The summed E-state index contributed by atoms with van der Waals surface area (Å²) in [6, 6.07) is 8.22. The molecule has 0 spiro atoms. The van der Waals surface area contributed by atoms with E-state index in [1.165, 1.54) is 12.1 Å². The highest BCUT2D eigenvalue weighted by atomic mass is 79.9. The summed E-state index contributed by atoms with van der Waals surface area (Å²) in [4.78, 5) is 3.92. The fraction of sp³-hybridized carbons (Fsp3) is 0.214. The van der Waals surface area contributed by atoms with Crippen LogP contribution >= 0.6 is 15.9 Å². The number of aliphatic hydroxyl groups excluding tert-OH is 1. The Balaban J connectivity index is 2.03. The first kappa shape index (κ1) is 13.2. The maximum Gasteiger partial charge on any atom is 0.123 e. The maximum absolute atomic E-state index is 13.1. The molecule has 0 aliphatic carbocycles. The summed E-state index contributed by atoms with van der Waals surface area (Å²) in [5, 5.41) is 10.0. The van der Waals surface area contributed by atoms with Crippen molar-refractivity contribution in [2.75, 3.05) is 0 Å². The predicted octanol–water partition coefficient (Wildman–Crippen LogP) is 3.13. The number of hydrogen-bond donors (Lipinski definition) is 1. The number of benzene rings is 1. The summed E-state index contributed by atoms with van der Waals surface area (Å²) in [5.74, 6) is -0.288. The summed E-state index contributed by atoms with van der Waals surface area (Å²) in [6.07, 6.45) is 3.80. The molecular weight excluding hydrogens is 297 g/mol. The third kappa shape index (κ3) is 3.62. The molecule has 0 radical (unpaired) electrons. The summed E-state index contributed by atoms with van der Waals surface area (Å²) in [5.41, 5.74) is 1.79. The number of aliphatic hydroxyl groups is 1. The lowest BCUT2D eigenvalue weighted by atomic mass is 10.0. The van der Waals surface area contributed by atoms with Crippen LogP contribution in [-0.2, 0) is 12.8 Å². The van der Waals surface area contributed by atoms with Crippen molar-refractivity contribution in [3.05, 3.63) is 64.1 Å². The van der Waals surface area contributed by atoms with Crippen LogP contribution in [0.1, 0.15) is 11.1 Å². The molecule has 1 aromatic carbocycles. The van der Waals surface area contributed by atoms with E-state index in [4.69, 9.17) is 0 Å². The first-order chi connectivity index (χ1) is 8.65. The van der Waals surface area contributed by atoms with Crippen molar-refractivity contribution in [1.29, 1.82) is 0 Å². The Morgan fingerprint density at radius 1 is 1.17 bits per heavy atom. The van der Waals surface area contributed by atoms with E-state index in [0.29, 0.717) is 12.8 Å². The van der Waals surface area contributed by atoms with Crippen LogP contribution in [0.15, 0.2) is 47.2 Å². The molecule has 1 heterocycles. The smallest absolute Gasteiger partial charge is 0.123 e. The van der Waals surface area contributed by atoms with E-state index >= 15 is 0 Å². The van der Waals surface area contributed by atoms with Crippen molar-refractivity contribution in [1.82, 2.24) is 4.98 Å². The van der Waals surface area contributed by atoms with Gasteiger partial charge in [0.2, 0.25) is 0 Å². The van der Waals surface area contributed by atoms with E-state index in [1.54, 1.807) is 18.5 Å². The zero-order valence-electron chi connectivity index (χ0n) is 9.68. The van der Waals surface area contributed by atoms with Crippen molar-refractivity contribution in [2.24, 2.45) is 0 Å². The van der Waals surface area contributed by atoms with Gasteiger partial charge in [-0.05, 0) is 54.3 Å². The Labute approximate surface area is 114 Å². The molecule has 0 saturated carbocycles. The Morgan fingerprint density at radius 3 is 2.61 bits per heavy atom. The van der Waals surface area contributed by atoms with Crippen LogP contribution in [-0.4, -0.2) is 16.2 Å². The van der Waals surface area contributed by atoms with Gasteiger partial charge in [0.1, 0.15) is 5.82 Å². The lowest BCUT2D eigenvalue weighted by Gasteiger charge is -2.12. The normalized spacial score (nSPS) is 12.4. The standard InChI is InChI=1S/C14H13BrFNO/c15-14-2-1-12(16)8-11(14)9-13(18)7-10-3-5-17-6-4-10/h1-6,8,13,18H,7,9H2. The second-order valence-corrected chi connectivity index (χ2v) is 5.01. The summed E-state index contributed by atoms with van der Waals surface area (Å²) in [7, 11) is 0. The lowest BCUT2D eigenvalue weighted by Crippen LogP contribution is -2.14. The zero-order chi connectivity index (χ0) is 13.0. The highest BCUT2D eigenvalue weighted by molar-refractivity contribution is 9.10. The molecule has 0 bridgehead atoms. The minimum absolute atomic E-state index is 0.288. The van der Waals surface area contributed by atoms with Crippen LogP contribution in [0.3, 0.4) is 0 Å². The summed E-state index contributed by atoms with van der Waals surface area (Å²) >= 11 is 3.36. The van der Waals surface area contributed by atoms with Gasteiger partial charge in [-0.2, -0.15) is 0 Å². The van der Waals surface area contributed by atoms with E-state index < -0.39 is 6.10 Å². The van der Waals surface area contributed by atoms with E-state index in [9.17, 15) is 9.50 Å². The van der Waals surface area contributed by atoms with Gasteiger partial charge >= 0.3 is 0 Å². The molecule has 94 valence electrons. The summed E-state index contributed by atoms with van der Waals surface area (Å²) < 4.78 is 13.9. The molecule has 0 aliphatic heterocycles. The second kappa shape index (κ2) is 6.07. The van der Waals surface area contributed by atoms with Gasteiger partial charge in [-0.1, -0.05) is 15.9 Å². The maximum atomic E-state index is 13.1. The van der Waals surface area contributed by atoms with Crippen LogP contribution < -0.4 is 0 Å². The molecule has 2 nitrogen and oxygen atoms in total. The minimum atomic E-state index is -0.537. The van der Waals surface area contributed by atoms with Crippen LogP contribution in [0, 0.1) is 5.82 Å². The van der Waals surface area contributed by atoms with Gasteiger partial charge in [0, 0.05) is 16.9 Å². The van der Waals surface area contributed by atoms with Crippen molar-refractivity contribution >= 4 is 15.9 Å². The van der Waals surface area contributed by atoms with Crippen LogP contribution in [0.5, 0.6) is 0 Å². The third-order valence-electron chi connectivity index (χ3n) is 2.68. The number of hydrogen-bond acceptors (Lipinski definition) is 2. The number of rotatable bonds is 4. The highest BCUT2D eigenvalue weighted by Crippen LogP contribution is 2.20. The van der Waals surface area contributed by atoms with Gasteiger partial charge in [-0.15, -0.1) is 0 Å². The first-order valence-electron chi connectivity index (χ1n) is 5.66. The van der Waals surface area contributed by atoms with Crippen LogP contribution in [0.4, 0.5) is 4.39 Å². The van der Waals surface area contributed by atoms with Crippen molar-refractivity contribution in [3.63, 3.8) is 0 Å². The van der Waals surface area contributed by atoms with Gasteiger partial charge in [-0.25, -0.2) is 4.39 Å². The third-order valence-corrected chi connectivity index (χ3v) is 3.46. The van der Waals surface area contributed by atoms with Gasteiger partial charge in [0.15, 0.2) is 0 Å². The Bertz CT molecular complexity index is 518. The predicted molar refractivity (Wildman–Crippen MR) is 71.8 cm³/mol. The van der Waals surface area contributed by atoms with Crippen LogP contribution in [0.2, 0.25) is 0 Å². The van der Waals surface area contributed by atoms with E-state index in [1.807, 2.05) is 12.1 Å². The van der Waals surface area contributed by atoms with Crippen molar-refractivity contribution in [3.8, 4) is 0 Å². The zero-order valence-corrected chi connectivity index (χ0v) is 11.3. The number of halogens is 2. The van der Waals surface area contributed by atoms with Gasteiger partial charge in [0.05, 0.1) is 6.10 Å². The average Bonchev–Trinajstić information content (AvgIpc) is 2.35. The molecule has 0 aliphatic rings. The second-order valence-electron chi connectivity index (χ2n) is 4.15. The topological polar surface area (TPSA) is 33.1 Å². The molecule has 18 heavy (non-hydrogen) atoms. The van der Waals surface area contributed by atoms with Gasteiger partial charge < -0.3 is 5.11 Å². The molecular formula is C14H13BrFNO. The first-order valence-corrected chi connectivity index (χ1v) is 6.45. The Hall–Kier alpha value is -1.26. The molecule has 0 fully saturated rings. The molecule has 2 aromatic rings. The largest absolute Gasteiger partial charge is 0.392 e. The van der Waals surface area contributed by atoms with E-state index in [2.05, 4.69) is 20.9 Å². The number of nitrogens with zero attached hydrogens (tertiary/aromatic N) is 1. The number of aromatic nitrogens is 1. The van der Waals surface area contributed by atoms with Crippen molar-refractivity contribution in [2.45, 2.75) is 18.9 Å². The fourth-order valence-electron chi connectivity index (χ4n) is 1.82. The SMILES string of the molecule is OC(Cc1ccncc1)Cc1cc(F)ccc1Br. The highest BCUT2D eigenvalue weighted by Gasteiger charge is 2.10. The quantitative estimate of drug-likeness (QED) is 0.941. The lowest BCUT2D eigenvalue weighted by molar-refractivity contribution is 0.175. The van der Waals surface area contributed by atoms with Gasteiger partial charge in [0.25, 0.3) is 0 Å². The summed E-state index contributed by atoms with van der Waals surface area (Å²) in [6.45, 7) is 0. The molecule has 1 unspecified atom stereocenters. The van der Waals surface area contributed by atoms with E-state index in [0.717, 1.165) is 15.6 Å². The van der Waals surface area contributed by atoms with Crippen molar-refractivity contribution < 1.29 is 9.50 Å². The fourth-order valence-corrected chi connectivity index (χ4v) is 2.23. The molecule has 2 rings (SSSR count). The molecule has 1 atom stereocenters. The monoisotopic (exact) mass is 309 g/mol. The molecule has 1 N–H and O–H groups in total. The molecule has 4 heteroatoms. The van der Waals surface area contributed by atoms with E-state index in [-0.39, 0.29) is 5.82 Å². The van der Waals surface area contributed by atoms with Gasteiger partial charge in [-0.3, -0.25) is 4.98 Å². The molecule has 0 saturated heterocycles. The van der Waals surface area contributed by atoms with Crippen LogP contribution in [0.25, 0.3) is 0 Å². The number of pyridine rings is 1. The Kier molecular flexibility index (Phi) is 4.44. The Morgan fingerprint density at radius 2 is 1.89 bits per heavy atom. The molecule has 1 aromatic heterocycles.